The highest BCUT2D eigenvalue weighted by atomic mass is 19.3. The molecule has 0 aliphatic heterocycles. The Bertz CT molecular complexity index is 656. The van der Waals surface area contributed by atoms with Gasteiger partial charge >= 0.3 is 12.6 Å². The molecule has 1 aromatic heterocycles. The Balaban J connectivity index is 2.34. The van der Waals surface area contributed by atoms with E-state index in [-0.39, 0.29) is 11.3 Å². The molecular formula is C15H16F2N2O3. The van der Waals surface area contributed by atoms with Crippen molar-refractivity contribution in [3.05, 3.63) is 36.2 Å². The van der Waals surface area contributed by atoms with E-state index in [1.807, 2.05) is 0 Å². The van der Waals surface area contributed by atoms with Crippen molar-refractivity contribution in [1.29, 1.82) is 0 Å². The van der Waals surface area contributed by atoms with Gasteiger partial charge in [0.2, 0.25) is 0 Å². The van der Waals surface area contributed by atoms with Crippen molar-refractivity contribution in [2.24, 2.45) is 0 Å². The minimum Gasteiger partial charge on any atom is -0.478 e. The molecule has 0 fully saturated rings. The van der Waals surface area contributed by atoms with Crippen LogP contribution in [0.15, 0.2) is 30.6 Å². The monoisotopic (exact) mass is 310 g/mol. The van der Waals surface area contributed by atoms with Gasteiger partial charge in [0.1, 0.15) is 5.75 Å². The standard InChI is InChI=1S/C15H16F2N2O3/c1-2-3-4-19-9-12(8-18-19)10-5-11(14(20)21)7-13(6-10)22-15(16)17/h5-9,15H,2-4H2,1H3,(H,20,21). The van der Waals surface area contributed by atoms with Gasteiger partial charge in [-0.15, -0.1) is 0 Å². The Hall–Kier alpha value is -2.44. The number of carbonyl (C=O) groups is 1. The first-order valence-electron chi connectivity index (χ1n) is 6.85. The molecular weight excluding hydrogens is 294 g/mol. The summed E-state index contributed by atoms with van der Waals surface area (Å²) in [5.74, 6) is -1.40. The van der Waals surface area contributed by atoms with E-state index >= 15 is 0 Å². The molecule has 0 radical (unpaired) electrons. The molecule has 2 aromatic rings. The van der Waals surface area contributed by atoms with E-state index in [1.54, 1.807) is 17.1 Å². The molecule has 5 nitrogen and oxygen atoms in total. The van der Waals surface area contributed by atoms with E-state index in [1.165, 1.54) is 12.1 Å². The van der Waals surface area contributed by atoms with Gasteiger partial charge in [-0.1, -0.05) is 13.3 Å². The van der Waals surface area contributed by atoms with Gasteiger partial charge in [0.15, 0.2) is 0 Å². The molecule has 1 aromatic carbocycles. The maximum atomic E-state index is 12.3. The highest BCUT2D eigenvalue weighted by molar-refractivity contribution is 5.90. The average molecular weight is 310 g/mol. The molecule has 22 heavy (non-hydrogen) atoms. The molecule has 0 amide bonds. The molecule has 0 saturated heterocycles. The molecule has 0 saturated carbocycles. The molecule has 118 valence electrons. The van der Waals surface area contributed by atoms with E-state index in [2.05, 4.69) is 16.8 Å². The Morgan fingerprint density at radius 3 is 2.77 bits per heavy atom. The number of alkyl halides is 2. The molecule has 0 unspecified atom stereocenters. The number of nitrogens with zero attached hydrogens (tertiary/aromatic N) is 2. The van der Waals surface area contributed by atoms with Crippen LogP contribution >= 0.6 is 0 Å². The number of hydrogen-bond donors (Lipinski definition) is 1. The summed E-state index contributed by atoms with van der Waals surface area (Å²) in [6.45, 7) is -0.200. The van der Waals surface area contributed by atoms with E-state index in [0.717, 1.165) is 25.5 Å². The molecule has 1 heterocycles. The summed E-state index contributed by atoms with van der Waals surface area (Å²) in [7, 11) is 0. The number of aromatic carboxylic acids is 1. The lowest BCUT2D eigenvalue weighted by atomic mass is 10.1. The second-order valence-electron chi connectivity index (χ2n) is 4.78. The Morgan fingerprint density at radius 1 is 1.36 bits per heavy atom. The molecule has 0 spiro atoms. The summed E-state index contributed by atoms with van der Waals surface area (Å²) >= 11 is 0. The van der Waals surface area contributed by atoms with Crippen molar-refractivity contribution in [3.63, 3.8) is 0 Å². The van der Waals surface area contributed by atoms with Gasteiger partial charge in [-0.05, 0) is 30.2 Å². The van der Waals surface area contributed by atoms with E-state index in [9.17, 15) is 13.6 Å². The topological polar surface area (TPSA) is 64.3 Å². The lowest BCUT2D eigenvalue weighted by molar-refractivity contribution is -0.0498. The van der Waals surface area contributed by atoms with Crippen LogP contribution in [0.25, 0.3) is 11.1 Å². The van der Waals surface area contributed by atoms with Crippen molar-refractivity contribution in [3.8, 4) is 16.9 Å². The van der Waals surface area contributed by atoms with Gasteiger partial charge in [-0.25, -0.2) is 4.79 Å². The Labute approximate surface area is 126 Å². The first-order chi connectivity index (χ1) is 10.5. The van der Waals surface area contributed by atoms with Crippen LogP contribution in [0.3, 0.4) is 0 Å². The van der Waals surface area contributed by atoms with Crippen LogP contribution < -0.4 is 4.74 Å². The van der Waals surface area contributed by atoms with Crippen molar-refractivity contribution >= 4 is 5.97 Å². The molecule has 2 rings (SSSR count). The zero-order valence-electron chi connectivity index (χ0n) is 12.0. The third-order valence-electron chi connectivity index (χ3n) is 3.09. The summed E-state index contributed by atoms with van der Waals surface area (Å²) in [5.41, 5.74) is 1.01. The second kappa shape index (κ2) is 7.02. The highest BCUT2D eigenvalue weighted by Crippen LogP contribution is 2.27. The number of aryl methyl sites for hydroxylation is 1. The predicted molar refractivity (Wildman–Crippen MR) is 76.2 cm³/mol. The van der Waals surface area contributed by atoms with Crippen LogP contribution in [0.4, 0.5) is 8.78 Å². The van der Waals surface area contributed by atoms with Crippen LogP contribution in [0.5, 0.6) is 5.75 Å². The third kappa shape index (κ3) is 4.03. The zero-order valence-corrected chi connectivity index (χ0v) is 12.0. The van der Waals surface area contributed by atoms with Gasteiger partial charge < -0.3 is 9.84 Å². The van der Waals surface area contributed by atoms with Crippen molar-refractivity contribution < 1.29 is 23.4 Å². The first-order valence-corrected chi connectivity index (χ1v) is 6.85. The number of ether oxygens (including phenoxy) is 1. The maximum Gasteiger partial charge on any atom is 0.387 e. The number of unbranched alkanes of at least 4 members (excludes halogenated alkanes) is 1. The number of hydrogen-bond acceptors (Lipinski definition) is 3. The van der Waals surface area contributed by atoms with Crippen LogP contribution in [0, 0.1) is 0 Å². The van der Waals surface area contributed by atoms with Crippen molar-refractivity contribution in [1.82, 2.24) is 9.78 Å². The summed E-state index contributed by atoms with van der Waals surface area (Å²) in [6, 6.07) is 3.85. The molecule has 0 aliphatic carbocycles. The van der Waals surface area contributed by atoms with Crippen LogP contribution in [0.2, 0.25) is 0 Å². The van der Waals surface area contributed by atoms with Crippen molar-refractivity contribution in [2.75, 3.05) is 0 Å². The quantitative estimate of drug-likeness (QED) is 0.848. The molecule has 0 bridgehead atoms. The van der Waals surface area contributed by atoms with Crippen LogP contribution in [0.1, 0.15) is 30.1 Å². The molecule has 0 aliphatic rings. The lowest BCUT2D eigenvalue weighted by Gasteiger charge is -2.08. The van der Waals surface area contributed by atoms with Gasteiger partial charge in [0, 0.05) is 18.3 Å². The van der Waals surface area contributed by atoms with Gasteiger partial charge in [0.25, 0.3) is 0 Å². The summed E-state index contributed by atoms with van der Waals surface area (Å²) in [5, 5.41) is 13.2. The number of carboxylic acids is 1. The summed E-state index contributed by atoms with van der Waals surface area (Å²) in [4.78, 5) is 11.1. The van der Waals surface area contributed by atoms with E-state index in [0.29, 0.717) is 11.1 Å². The minimum absolute atomic E-state index is 0.116. The first kappa shape index (κ1) is 15.9. The third-order valence-corrected chi connectivity index (χ3v) is 3.09. The van der Waals surface area contributed by atoms with Crippen LogP contribution in [-0.2, 0) is 6.54 Å². The van der Waals surface area contributed by atoms with Crippen molar-refractivity contribution in [2.45, 2.75) is 32.9 Å². The Morgan fingerprint density at radius 2 is 2.14 bits per heavy atom. The van der Waals surface area contributed by atoms with Gasteiger partial charge in [-0.3, -0.25) is 4.68 Å². The number of benzene rings is 1. The van der Waals surface area contributed by atoms with Crippen LogP contribution in [-0.4, -0.2) is 27.5 Å². The SMILES string of the molecule is CCCCn1cc(-c2cc(OC(F)F)cc(C(=O)O)c2)cn1. The smallest absolute Gasteiger partial charge is 0.387 e. The Kier molecular flexibility index (Phi) is 5.08. The fourth-order valence-electron chi connectivity index (χ4n) is 2.02. The average Bonchev–Trinajstić information content (AvgIpc) is 2.92. The summed E-state index contributed by atoms with van der Waals surface area (Å²) in [6.07, 6.45) is 5.32. The number of rotatable bonds is 7. The summed E-state index contributed by atoms with van der Waals surface area (Å²) < 4.78 is 30.7. The molecule has 7 heteroatoms. The minimum atomic E-state index is -3.01. The number of halogens is 2. The second-order valence-corrected chi connectivity index (χ2v) is 4.78. The fourth-order valence-corrected chi connectivity index (χ4v) is 2.02. The number of carboxylic acid groups (broad SMARTS) is 1. The predicted octanol–water partition coefficient (Wildman–Crippen LogP) is 3.65. The lowest BCUT2D eigenvalue weighted by Crippen LogP contribution is -2.04. The fraction of sp³-hybridized carbons (Fsp3) is 0.333. The number of aromatic nitrogens is 2. The maximum absolute atomic E-state index is 12.3. The van der Waals surface area contributed by atoms with Gasteiger partial charge in [0.05, 0.1) is 11.8 Å². The normalized spacial score (nSPS) is 10.9. The largest absolute Gasteiger partial charge is 0.478 e. The van der Waals surface area contributed by atoms with Gasteiger partial charge in [-0.2, -0.15) is 13.9 Å². The highest BCUT2D eigenvalue weighted by Gasteiger charge is 2.13. The molecule has 1 N–H and O–H groups in total. The zero-order chi connectivity index (χ0) is 16.1. The molecule has 0 atom stereocenters. The van der Waals surface area contributed by atoms with E-state index < -0.39 is 12.6 Å². The van der Waals surface area contributed by atoms with E-state index in [4.69, 9.17) is 5.11 Å².